The van der Waals surface area contributed by atoms with E-state index in [2.05, 4.69) is 52.8 Å². The van der Waals surface area contributed by atoms with Crippen LogP contribution in [0.4, 0.5) is 10.2 Å². The smallest absolute Gasteiger partial charge is 0.238 e. The molecule has 2 aliphatic rings. The number of nitrogens with one attached hydrogen (secondary N) is 1. The van der Waals surface area contributed by atoms with E-state index in [4.69, 9.17) is 24.1 Å². The number of pyridine rings is 1. The first-order chi connectivity index (χ1) is 19.5. The molecule has 3 N–H and O–H groups in total. The molecule has 0 radical (unpaired) electrons. The Labute approximate surface area is 235 Å². The number of ether oxygens (including phenoxy) is 3. The number of rotatable bonds is 9. The van der Waals surface area contributed by atoms with E-state index in [9.17, 15) is 4.39 Å². The molecule has 0 saturated carbocycles. The highest BCUT2D eigenvalue weighted by Gasteiger charge is 2.26. The van der Waals surface area contributed by atoms with Crippen molar-refractivity contribution in [2.45, 2.75) is 19.4 Å². The van der Waals surface area contributed by atoms with Crippen molar-refractivity contribution >= 4 is 12.2 Å². The van der Waals surface area contributed by atoms with Crippen LogP contribution in [0.1, 0.15) is 12.0 Å². The number of likely N-dealkylation sites (tertiary alicyclic amines) is 1. The summed E-state index contributed by atoms with van der Waals surface area (Å²) < 4.78 is 30.3. The average Bonchev–Trinajstić information content (AvgIpc) is 3.54. The largest absolute Gasteiger partial charge is 0.476 e. The summed E-state index contributed by atoms with van der Waals surface area (Å²) in [7, 11) is 1.75. The Bertz CT molecular complexity index is 1130. The van der Waals surface area contributed by atoms with Crippen LogP contribution in [-0.2, 0) is 14.3 Å². The molecule has 3 aromatic rings. The molecular formula is C29H39FN6O4. The molecule has 1 atom stereocenters. The minimum atomic E-state index is -0.428. The Hall–Kier alpha value is -3.98. The van der Waals surface area contributed by atoms with E-state index in [1.54, 1.807) is 19.2 Å². The topological polar surface area (TPSA) is 117 Å². The first-order valence-electron chi connectivity index (χ1n) is 12.9. The molecule has 2 aromatic heterocycles. The molecule has 5 rings (SSSR count). The number of methoxy groups -OCH3 is 1. The number of hydrogen-bond acceptors (Lipinski definition) is 8. The molecule has 216 valence electrons. The van der Waals surface area contributed by atoms with Crippen LogP contribution >= 0.6 is 0 Å². The summed E-state index contributed by atoms with van der Waals surface area (Å²) in [4.78, 5) is 14.3. The van der Waals surface area contributed by atoms with E-state index in [0.29, 0.717) is 24.4 Å². The molecule has 0 bridgehead atoms. The normalized spacial score (nSPS) is 16.1. The molecule has 2 aliphatic heterocycles. The van der Waals surface area contributed by atoms with Crippen molar-refractivity contribution in [2.24, 2.45) is 11.7 Å². The van der Waals surface area contributed by atoms with Gasteiger partial charge in [-0.1, -0.05) is 24.3 Å². The molecule has 2 saturated heterocycles. The summed E-state index contributed by atoms with van der Waals surface area (Å²) in [6.07, 6.45) is 10.8. The SMILES string of the molecule is C#C.COCCN1CCC(Nc2c(C)c(OCC3COC3)nn2-c2ccccc2)C1.Fc1ccccn1.NC=O. The van der Waals surface area contributed by atoms with Crippen molar-refractivity contribution in [2.75, 3.05) is 58.5 Å². The number of halogens is 1. The monoisotopic (exact) mass is 554 g/mol. The lowest BCUT2D eigenvalue weighted by Crippen LogP contribution is -2.32. The van der Waals surface area contributed by atoms with Gasteiger partial charge in [0.15, 0.2) is 0 Å². The highest BCUT2D eigenvalue weighted by atomic mass is 19.1. The van der Waals surface area contributed by atoms with Gasteiger partial charge in [-0.3, -0.25) is 9.69 Å². The lowest BCUT2D eigenvalue weighted by atomic mass is 10.1. The molecular weight excluding hydrogens is 515 g/mol. The molecule has 10 nitrogen and oxygen atoms in total. The molecule has 40 heavy (non-hydrogen) atoms. The third-order valence-electron chi connectivity index (χ3n) is 6.10. The summed E-state index contributed by atoms with van der Waals surface area (Å²) in [6.45, 7) is 8.15. The third-order valence-corrected chi connectivity index (χ3v) is 6.10. The number of benzene rings is 1. The average molecular weight is 555 g/mol. The quantitative estimate of drug-likeness (QED) is 0.236. The summed E-state index contributed by atoms with van der Waals surface area (Å²) in [5.41, 5.74) is 6.25. The Morgan fingerprint density at radius 1 is 1.20 bits per heavy atom. The second kappa shape index (κ2) is 18.3. The minimum absolute atomic E-state index is 0.250. The molecule has 11 heteroatoms. The number of para-hydroxylation sites is 1. The zero-order chi connectivity index (χ0) is 29.2. The van der Waals surface area contributed by atoms with Gasteiger partial charge in [0.2, 0.25) is 18.2 Å². The number of carbonyl (C=O) groups excluding carboxylic acids is 1. The standard InChI is InChI=1S/C21H30N4O3.C5H4FN.C2H2.CH3NO/c1-16-20(22-18-8-9-24(12-18)10-11-26-2)25(19-6-4-3-5-7-19)23-21(16)28-15-17-13-27-14-17;6-5-3-1-2-4-7-5;1-2;2-1-3/h3-7,17-18,22H,8-15H2,1-2H3;1-4H;1-2H;1H,(H2,2,3). The van der Waals surface area contributed by atoms with Crippen LogP contribution in [0.2, 0.25) is 0 Å². The van der Waals surface area contributed by atoms with Gasteiger partial charge in [-0.2, -0.15) is 4.39 Å². The molecule has 1 unspecified atom stereocenters. The van der Waals surface area contributed by atoms with Gasteiger partial charge in [0, 0.05) is 44.9 Å². The van der Waals surface area contributed by atoms with Gasteiger partial charge in [-0.15, -0.1) is 17.9 Å². The van der Waals surface area contributed by atoms with E-state index in [1.807, 2.05) is 22.9 Å². The fourth-order valence-corrected chi connectivity index (χ4v) is 4.03. The second-order valence-electron chi connectivity index (χ2n) is 8.95. The summed E-state index contributed by atoms with van der Waals surface area (Å²) in [5.74, 6) is 1.77. The van der Waals surface area contributed by atoms with E-state index < -0.39 is 5.95 Å². The zero-order valence-electron chi connectivity index (χ0n) is 23.1. The maximum absolute atomic E-state index is 11.8. The van der Waals surface area contributed by atoms with Gasteiger partial charge in [0.1, 0.15) is 5.82 Å². The van der Waals surface area contributed by atoms with Crippen molar-refractivity contribution < 1.29 is 23.4 Å². The predicted octanol–water partition coefficient (Wildman–Crippen LogP) is 2.91. The highest BCUT2D eigenvalue weighted by Crippen LogP contribution is 2.30. The molecule has 0 aliphatic carbocycles. The highest BCUT2D eigenvalue weighted by molar-refractivity contribution is 5.55. The molecule has 1 amide bonds. The molecule has 4 heterocycles. The number of anilines is 1. The summed E-state index contributed by atoms with van der Waals surface area (Å²) in [6, 6.07) is 15.2. The van der Waals surface area contributed by atoms with Gasteiger partial charge in [0.05, 0.1) is 37.7 Å². The first-order valence-corrected chi connectivity index (χ1v) is 12.9. The van der Waals surface area contributed by atoms with Crippen molar-refractivity contribution in [1.29, 1.82) is 0 Å². The minimum Gasteiger partial charge on any atom is -0.476 e. The number of hydrogen-bond donors (Lipinski definition) is 2. The summed E-state index contributed by atoms with van der Waals surface area (Å²) in [5, 5.41) is 8.51. The van der Waals surface area contributed by atoms with Crippen molar-refractivity contribution in [3.8, 4) is 24.4 Å². The lowest BCUT2D eigenvalue weighted by Gasteiger charge is -2.25. The number of aromatic nitrogens is 3. The maximum Gasteiger partial charge on any atom is 0.238 e. The predicted molar refractivity (Wildman–Crippen MR) is 153 cm³/mol. The zero-order valence-corrected chi connectivity index (χ0v) is 23.1. The van der Waals surface area contributed by atoms with Crippen molar-refractivity contribution in [1.82, 2.24) is 19.7 Å². The Morgan fingerprint density at radius 3 is 2.45 bits per heavy atom. The van der Waals surface area contributed by atoms with Crippen LogP contribution in [-0.4, -0.2) is 85.3 Å². The maximum atomic E-state index is 11.8. The Morgan fingerprint density at radius 2 is 1.90 bits per heavy atom. The van der Waals surface area contributed by atoms with Crippen LogP contribution in [0, 0.1) is 31.6 Å². The van der Waals surface area contributed by atoms with Crippen LogP contribution < -0.4 is 15.8 Å². The first kappa shape index (κ1) is 32.2. The van der Waals surface area contributed by atoms with Crippen molar-refractivity contribution in [3.63, 3.8) is 0 Å². The molecule has 2 fully saturated rings. The van der Waals surface area contributed by atoms with Crippen LogP contribution in [0.3, 0.4) is 0 Å². The molecule has 1 aromatic carbocycles. The van der Waals surface area contributed by atoms with Crippen molar-refractivity contribution in [3.05, 3.63) is 66.2 Å². The van der Waals surface area contributed by atoms with Gasteiger partial charge in [0.25, 0.3) is 0 Å². The fourth-order valence-electron chi connectivity index (χ4n) is 4.03. The Balaban J connectivity index is 0.000000393. The fraction of sp³-hybridized carbons (Fsp3) is 0.414. The Kier molecular flexibility index (Phi) is 14.8. The van der Waals surface area contributed by atoms with Crippen LogP contribution in [0.5, 0.6) is 5.88 Å². The number of nitrogens with zero attached hydrogens (tertiary/aromatic N) is 4. The van der Waals surface area contributed by atoms with Crippen LogP contribution in [0.15, 0.2) is 54.7 Å². The van der Waals surface area contributed by atoms with E-state index in [-0.39, 0.29) is 6.41 Å². The summed E-state index contributed by atoms with van der Waals surface area (Å²) >= 11 is 0. The number of carbonyl (C=O) groups is 1. The number of primary amides is 1. The van der Waals surface area contributed by atoms with E-state index in [0.717, 1.165) is 62.9 Å². The van der Waals surface area contributed by atoms with E-state index in [1.165, 1.54) is 12.3 Å². The molecule has 0 spiro atoms. The number of amides is 1. The third kappa shape index (κ3) is 10.3. The number of terminal acetylenes is 1. The van der Waals surface area contributed by atoms with Gasteiger partial charge in [-0.05, 0) is 37.6 Å². The lowest BCUT2D eigenvalue weighted by molar-refractivity contribution is -0.106. The van der Waals surface area contributed by atoms with E-state index >= 15 is 0 Å². The second-order valence-corrected chi connectivity index (χ2v) is 8.95. The van der Waals surface area contributed by atoms with Crippen LogP contribution in [0.25, 0.3) is 5.69 Å². The number of nitrogens with two attached hydrogens (primary N) is 1. The van der Waals surface area contributed by atoms with Gasteiger partial charge in [-0.25, -0.2) is 9.67 Å². The van der Waals surface area contributed by atoms with Gasteiger partial charge < -0.3 is 25.3 Å². The van der Waals surface area contributed by atoms with Gasteiger partial charge >= 0.3 is 0 Å².